The number of nitrogens with one attached hydrogen (secondary N) is 1. The Bertz CT molecular complexity index is 551. The predicted octanol–water partition coefficient (Wildman–Crippen LogP) is 4.24. The summed E-state index contributed by atoms with van der Waals surface area (Å²) in [5.74, 6) is -0.0285. The van der Waals surface area contributed by atoms with Gasteiger partial charge in [0.2, 0.25) is 5.91 Å². The van der Waals surface area contributed by atoms with Crippen molar-refractivity contribution in [1.29, 1.82) is 0 Å². The maximum Gasteiger partial charge on any atom is 0.228 e. The Morgan fingerprint density at radius 3 is 2.32 bits per heavy atom. The molecule has 98 valence electrons. The first-order valence-electron chi connectivity index (χ1n) is 5.86. The number of rotatable bonds is 4. The van der Waals surface area contributed by atoms with E-state index < -0.39 is 0 Å². The first-order chi connectivity index (χ1) is 9.17. The number of carbonyl (C=O) groups excluding carboxylic acids is 1. The van der Waals surface area contributed by atoms with Crippen LogP contribution in [0.15, 0.2) is 53.4 Å². The number of hydrogen-bond acceptors (Lipinski definition) is 2. The summed E-state index contributed by atoms with van der Waals surface area (Å²) in [7, 11) is 0. The summed E-state index contributed by atoms with van der Waals surface area (Å²) >= 11 is 7.48. The van der Waals surface area contributed by atoms with Crippen LogP contribution in [0.4, 0.5) is 5.69 Å². The Labute approximate surface area is 122 Å². The minimum atomic E-state index is -0.0285. The number of carbonyl (C=O) groups is 1. The van der Waals surface area contributed by atoms with Gasteiger partial charge in [0.05, 0.1) is 6.42 Å². The van der Waals surface area contributed by atoms with Crippen molar-refractivity contribution in [3.05, 3.63) is 59.1 Å². The molecule has 0 unspecified atom stereocenters. The molecule has 0 saturated heterocycles. The zero-order valence-electron chi connectivity index (χ0n) is 10.5. The van der Waals surface area contributed by atoms with Crippen molar-refractivity contribution >= 4 is 35.0 Å². The highest BCUT2D eigenvalue weighted by molar-refractivity contribution is 7.98. The highest BCUT2D eigenvalue weighted by atomic mass is 35.5. The summed E-state index contributed by atoms with van der Waals surface area (Å²) in [6.07, 6.45) is 2.37. The van der Waals surface area contributed by atoms with Gasteiger partial charge < -0.3 is 5.32 Å². The lowest BCUT2D eigenvalue weighted by Crippen LogP contribution is -2.14. The first-order valence-corrected chi connectivity index (χ1v) is 7.46. The second kappa shape index (κ2) is 6.64. The molecule has 1 N–H and O–H groups in total. The van der Waals surface area contributed by atoms with Gasteiger partial charge in [-0.3, -0.25) is 4.79 Å². The molecule has 0 radical (unpaired) electrons. The second-order valence-electron chi connectivity index (χ2n) is 4.08. The van der Waals surface area contributed by atoms with Crippen LogP contribution in [0.2, 0.25) is 5.02 Å². The van der Waals surface area contributed by atoms with Gasteiger partial charge in [-0.05, 0) is 48.2 Å². The fourth-order valence-electron chi connectivity index (χ4n) is 1.67. The van der Waals surface area contributed by atoms with E-state index in [2.05, 4.69) is 5.32 Å². The van der Waals surface area contributed by atoms with E-state index >= 15 is 0 Å². The number of benzene rings is 2. The molecule has 0 aliphatic carbocycles. The van der Waals surface area contributed by atoms with Crippen LogP contribution in [-0.2, 0) is 11.2 Å². The van der Waals surface area contributed by atoms with Crippen LogP contribution in [0.25, 0.3) is 0 Å². The minimum Gasteiger partial charge on any atom is -0.326 e. The Morgan fingerprint density at radius 2 is 1.74 bits per heavy atom. The van der Waals surface area contributed by atoms with Gasteiger partial charge in [-0.1, -0.05) is 23.7 Å². The van der Waals surface area contributed by atoms with E-state index in [0.717, 1.165) is 11.3 Å². The molecule has 0 aliphatic rings. The molecule has 19 heavy (non-hydrogen) atoms. The largest absolute Gasteiger partial charge is 0.326 e. The van der Waals surface area contributed by atoms with Crippen LogP contribution in [0.5, 0.6) is 0 Å². The summed E-state index contributed by atoms with van der Waals surface area (Å²) in [5.41, 5.74) is 1.76. The molecule has 1 amide bonds. The molecule has 0 saturated carbocycles. The lowest BCUT2D eigenvalue weighted by Gasteiger charge is -2.06. The van der Waals surface area contributed by atoms with Crippen molar-refractivity contribution in [3.63, 3.8) is 0 Å². The number of halogens is 1. The van der Waals surface area contributed by atoms with Crippen molar-refractivity contribution in [3.8, 4) is 0 Å². The molecular formula is C15H14ClNOS. The third kappa shape index (κ3) is 4.30. The Hall–Kier alpha value is -1.45. The molecule has 0 atom stereocenters. The van der Waals surface area contributed by atoms with E-state index in [9.17, 15) is 4.79 Å². The average Bonchev–Trinajstić information content (AvgIpc) is 2.42. The molecular weight excluding hydrogens is 278 g/mol. The van der Waals surface area contributed by atoms with Gasteiger partial charge in [0.15, 0.2) is 0 Å². The monoisotopic (exact) mass is 291 g/mol. The lowest BCUT2D eigenvalue weighted by molar-refractivity contribution is -0.115. The van der Waals surface area contributed by atoms with Crippen LogP contribution >= 0.6 is 23.4 Å². The van der Waals surface area contributed by atoms with Gasteiger partial charge in [-0.25, -0.2) is 0 Å². The van der Waals surface area contributed by atoms with Crippen LogP contribution < -0.4 is 5.32 Å². The number of hydrogen-bond donors (Lipinski definition) is 1. The van der Waals surface area contributed by atoms with Crippen LogP contribution in [0.1, 0.15) is 5.56 Å². The van der Waals surface area contributed by atoms with Crippen molar-refractivity contribution < 1.29 is 4.79 Å². The van der Waals surface area contributed by atoms with E-state index in [1.165, 1.54) is 4.90 Å². The van der Waals surface area contributed by atoms with Gasteiger partial charge in [-0.15, -0.1) is 11.8 Å². The molecule has 2 rings (SSSR count). The lowest BCUT2D eigenvalue weighted by atomic mass is 10.1. The SMILES string of the molecule is CSc1ccc(NC(=O)Cc2ccc(Cl)cc2)cc1. The predicted molar refractivity (Wildman–Crippen MR) is 82.0 cm³/mol. The molecule has 0 aliphatic heterocycles. The fourth-order valence-corrected chi connectivity index (χ4v) is 2.20. The van der Waals surface area contributed by atoms with E-state index in [1.807, 2.05) is 42.7 Å². The smallest absolute Gasteiger partial charge is 0.228 e. The summed E-state index contributed by atoms with van der Waals surface area (Å²) in [6, 6.07) is 15.1. The molecule has 0 fully saturated rings. The van der Waals surface area contributed by atoms with E-state index in [1.54, 1.807) is 23.9 Å². The topological polar surface area (TPSA) is 29.1 Å². The molecule has 2 aromatic rings. The molecule has 0 bridgehead atoms. The van der Waals surface area contributed by atoms with Crippen LogP contribution in [-0.4, -0.2) is 12.2 Å². The van der Waals surface area contributed by atoms with Crippen LogP contribution in [0, 0.1) is 0 Å². The zero-order valence-corrected chi connectivity index (χ0v) is 12.1. The van der Waals surface area contributed by atoms with Crippen molar-refractivity contribution in [2.45, 2.75) is 11.3 Å². The highest BCUT2D eigenvalue weighted by Crippen LogP contribution is 2.17. The summed E-state index contributed by atoms with van der Waals surface area (Å²) in [4.78, 5) is 13.0. The Morgan fingerprint density at radius 1 is 1.11 bits per heavy atom. The first kappa shape index (κ1) is 14.0. The quantitative estimate of drug-likeness (QED) is 0.854. The molecule has 2 nitrogen and oxygen atoms in total. The summed E-state index contributed by atoms with van der Waals surface area (Å²) in [6.45, 7) is 0. The summed E-state index contributed by atoms with van der Waals surface area (Å²) in [5, 5.41) is 3.55. The molecule has 0 aromatic heterocycles. The third-order valence-corrected chi connectivity index (χ3v) is 3.65. The van der Waals surface area contributed by atoms with Crippen molar-refractivity contribution in [1.82, 2.24) is 0 Å². The van der Waals surface area contributed by atoms with E-state index in [0.29, 0.717) is 11.4 Å². The number of thioether (sulfide) groups is 1. The zero-order chi connectivity index (χ0) is 13.7. The molecule has 0 heterocycles. The fraction of sp³-hybridized carbons (Fsp3) is 0.133. The Balaban J connectivity index is 1.95. The average molecular weight is 292 g/mol. The van der Waals surface area contributed by atoms with Gasteiger partial charge in [0.25, 0.3) is 0 Å². The maximum absolute atomic E-state index is 11.9. The third-order valence-electron chi connectivity index (χ3n) is 2.65. The highest BCUT2D eigenvalue weighted by Gasteiger charge is 2.04. The van der Waals surface area contributed by atoms with E-state index in [-0.39, 0.29) is 5.91 Å². The molecule has 2 aromatic carbocycles. The molecule has 4 heteroatoms. The van der Waals surface area contributed by atoms with Gasteiger partial charge in [0.1, 0.15) is 0 Å². The number of amides is 1. The van der Waals surface area contributed by atoms with Gasteiger partial charge in [0, 0.05) is 15.6 Å². The van der Waals surface area contributed by atoms with Gasteiger partial charge in [-0.2, -0.15) is 0 Å². The van der Waals surface area contributed by atoms with Crippen LogP contribution in [0.3, 0.4) is 0 Å². The normalized spacial score (nSPS) is 10.2. The van der Waals surface area contributed by atoms with Crippen molar-refractivity contribution in [2.75, 3.05) is 11.6 Å². The van der Waals surface area contributed by atoms with Crippen molar-refractivity contribution in [2.24, 2.45) is 0 Å². The minimum absolute atomic E-state index is 0.0285. The van der Waals surface area contributed by atoms with Gasteiger partial charge >= 0.3 is 0 Å². The number of anilines is 1. The standard InChI is InChI=1S/C15H14ClNOS/c1-19-14-8-6-13(7-9-14)17-15(18)10-11-2-4-12(16)5-3-11/h2-9H,10H2,1H3,(H,17,18). The summed E-state index contributed by atoms with van der Waals surface area (Å²) < 4.78 is 0. The Kier molecular flexibility index (Phi) is 4.88. The molecule has 0 spiro atoms. The van der Waals surface area contributed by atoms with E-state index in [4.69, 9.17) is 11.6 Å². The maximum atomic E-state index is 11.9. The second-order valence-corrected chi connectivity index (χ2v) is 5.40.